The first-order valence-corrected chi connectivity index (χ1v) is 9.38. The number of para-hydroxylation sites is 1. The molecule has 0 spiro atoms. The number of amides is 1. The standard InChI is InChI=1S/C19H26N4O6/c1-19(2,18(25)22-9-7-16(8-10-22)29-23(26)27)21-12-15(24)13-28-17-6-4-3-5-14(17)11-20/h3-6,15-16,21,24H,7-10,12-13H2,1-2H3. The number of nitrogens with one attached hydrogen (secondary N) is 1. The van der Waals surface area contributed by atoms with Crippen LogP contribution in [0.5, 0.6) is 5.75 Å². The second kappa shape index (κ2) is 10.0. The van der Waals surface area contributed by atoms with Gasteiger partial charge in [0.2, 0.25) is 5.91 Å². The van der Waals surface area contributed by atoms with E-state index in [0.29, 0.717) is 37.2 Å². The molecular weight excluding hydrogens is 380 g/mol. The second-order valence-electron chi connectivity index (χ2n) is 7.40. The lowest BCUT2D eigenvalue weighted by Crippen LogP contribution is -2.57. The van der Waals surface area contributed by atoms with Crippen LogP contribution in [0.1, 0.15) is 32.3 Å². The van der Waals surface area contributed by atoms with Gasteiger partial charge in [-0.15, -0.1) is 10.1 Å². The molecule has 0 saturated carbocycles. The van der Waals surface area contributed by atoms with Crippen LogP contribution in [0.4, 0.5) is 0 Å². The van der Waals surface area contributed by atoms with E-state index < -0.39 is 22.8 Å². The van der Waals surface area contributed by atoms with E-state index >= 15 is 0 Å². The van der Waals surface area contributed by atoms with Crippen molar-refractivity contribution in [1.82, 2.24) is 10.2 Å². The minimum atomic E-state index is -0.928. The van der Waals surface area contributed by atoms with Gasteiger partial charge in [0.25, 0.3) is 5.09 Å². The maximum absolute atomic E-state index is 12.8. The molecule has 1 saturated heterocycles. The lowest BCUT2D eigenvalue weighted by atomic mass is 10.00. The third-order valence-electron chi connectivity index (χ3n) is 4.72. The van der Waals surface area contributed by atoms with Crippen LogP contribution in [-0.4, -0.2) is 65.0 Å². The summed E-state index contributed by atoms with van der Waals surface area (Å²) < 4.78 is 5.50. The van der Waals surface area contributed by atoms with Crippen LogP contribution < -0.4 is 10.1 Å². The predicted molar refractivity (Wildman–Crippen MR) is 102 cm³/mol. The van der Waals surface area contributed by atoms with E-state index in [1.807, 2.05) is 6.07 Å². The number of hydrogen-bond donors (Lipinski definition) is 2. The maximum atomic E-state index is 12.8. The lowest BCUT2D eigenvalue weighted by Gasteiger charge is -2.37. The molecule has 1 fully saturated rings. The van der Waals surface area contributed by atoms with Crippen molar-refractivity contribution in [2.75, 3.05) is 26.2 Å². The normalized spacial score (nSPS) is 16.0. The average molecular weight is 406 g/mol. The van der Waals surface area contributed by atoms with E-state index in [1.54, 1.807) is 43.0 Å². The molecule has 1 aromatic rings. The van der Waals surface area contributed by atoms with Crippen LogP contribution in [0.2, 0.25) is 0 Å². The Morgan fingerprint density at radius 2 is 2.10 bits per heavy atom. The Morgan fingerprint density at radius 1 is 1.45 bits per heavy atom. The zero-order valence-corrected chi connectivity index (χ0v) is 16.5. The molecule has 1 heterocycles. The number of carbonyl (C=O) groups is 1. The molecule has 0 radical (unpaired) electrons. The highest BCUT2D eigenvalue weighted by molar-refractivity contribution is 5.85. The van der Waals surface area contributed by atoms with Crippen molar-refractivity contribution < 1.29 is 24.6 Å². The summed E-state index contributed by atoms with van der Waals surface area (Å²) in [7, 11) is 0. The van der Waals surface area contributed by atoms with Crippen LogP contribution in [0.3, 0.4) is 0 Å². The van der Waals surface area contributed by atoms with Crippen molar-refractivity contribution in [2.24, 2.45) is 0 Å². The highest BCUT2D eigenvalue weighted by Crippen LogP contribution is 2.18. The van der Waals surface area contributed by atoms with Gasteiger partial charge in [0.05, 0.1) is 11.1 Å². The van der Waals surface area contributed by atoms with Gasteiger partial charge in [-0.1, -0.05) is 12.1 Å². The number of rotatable bonds is 9. The Morgan fingerprint density at radius 3 is 2.72 bits per heavy atom. The minimum absolute atomic E-state index is 0.0282. The summed E-state index contributed by atoms with van der Waals surface area (Å²) in [6, 6.07) is 8.76. The Kier molecular flexibility index (Phi) is 7.75. The first-order valence-electron chi connectivity index (χ1n) is 9.38. The fourth-order valence-electron chi connectivity index (χ4n) is 3.06. The second-order valence-corrected chi connectivity index (χ2v) is 7.40. The van der Waals surface area contributed by atoms with E-state index in [0.717, 1.165) is 0 Å². The molecular formula is C19H26N4O6. The fraction of sp³-hybridized carbons (Fsp3) is 0.579. The van der Waals surface area contributed by atoms with Gasteiger partial charge >= 0.3 is 0 Å². The van der Waals surface area contributed by atoms with E-state index in [1.165, 1.54) is 0 Å². The van der Waals surface area contributed by atoms with Crippen molar-refractivity contribution in [1.29, 1.82) is 5.26 Å². The molecule has 1 aromatic carbocycles. The van der Waals surface area contributed by atoms with Gasteiger partial charge in [-0.05, 0) is 38.8 Å². The summed E-state index contributed by atoms with van der Waals surface area (Å²) in [6.45, 7) is 4.27. The number of nitrogens with zero attached hydrogens (tertiary/aromatic N) is 3. The maximum Gasteiger partial charge on any atom is 0.294 e. The average Bonchev–Trinajstić information content (AvgIpc) is 2.70. The van der Waals surface area contributed by atoms with Crippen molar-refractivity contribution in [3.05, 3.63) is 39.9 Å². The zero-order chi connectivity index (χ0) is 21.4. The SMILES string of the molecule is CC(C)(NCC(O)COc1ccccc1C#N)C(=O)N1CCC(O[N+](=O)[O-])CC1. The minimum Gasteiger partial charge on any atom is -0.489 e. The topological polar surface area (TPSA) is 138 Å². The first kappa shape index (κ1) is 22.4. The number of benzene rings is 1. The summed E-state index contributed by atoms with van der Waals surface area (Å²) in [6.07, 6.45) is -0.566. The summed E-state index contributed by atoms with van der Waals surface area (Å²) in [4.78, 5) is 29.4. The molecule has 29 heavy (non-hydrogen) atoms. The van der Waals surface area contributed by atoms with Crippen molar-refractivity contribution in [3.8, 4) is 11.8 Å². The largest absolute Gasteiger partial charge is 0.489 e. The van der Waals surface area contributed by atoms with Crippen LogP contribution in [-0.2, 0) is 9.63 Å². The van der Waals surface area contributed by atoms with Gasteiger partial charge < -0.3 is 24.9 Å². The Bertz CT molecular complexity index is 755. The molecule has 1 unspecified atom stereocenters. The number of ether oxygens (including phenoxy) is 1. The molecule has 10 nitrogen and oxygen atoms in total. The number of aliphatic hydroxyl groups is 1. The van der Waals surface area contributed by atoms with Crippen LogP contribution in [0, 0.1) is 21.4 Å². The lowest BCUT2D eigenvalue weighted by molar-refractivity contribution is -0.769. The van der Waals surface area contributed by atoms with Gasteiger partial charge in [0.1, 0.15) is 30.6 Å². The Labute approximate surface area is 169 Å². The number of likely N-dealkylation sites (tertiary alicyclic amines) is 1. The third-order valence-corrected chi connectivity index (χ3v) is 4.72. The van der Waals surface area contributed by atoms with E-state index in [-0.39, 0.29) is 19.1 Å². The quantitative estimate of drug-likeness (QED) is 0.455. The molecule has 0 bridgehead atoms. The molecule has 1 aliphatic rings. The van der Waals surface area contributed by atoms with Gasteiger partial charge in [-0.3, -0.25) is 4.79 Å². The highest BCUT2D eigenvalue weighted by atomic mass is 17.0. The molecule has 0 aromatic heterocycles. The summed E-state index contributed by atoms with van der Waals surface area (Å²) in [5.74, 6) is 0.240. The van der Waals surface area contributed by atoms with Crippen LogP contribution in [0.15, 0.2) is 24.3 Å². The molecule has 10 heteroatoms. The summed E-state index contributed by atoms with van der Waals surface area (Å²) >= 11 is 0. The van der Waals surface area contributed by atoms with Crippen molar-refractivity contribution in [2.45, 2.75) is 44.4 Å². The number of nitriles is 1. The van der Waals surface area contributed by atoms with Gasteiger partial charge in [-0.25, -0.2) is 0 Å². The van der Waals surface area contributed by atoms with Crippen molar-refractivity contribution >= 4 is 5.91 Å². The molecule has 1 amide bonds. The molecule has 158 valence electrons. The highest BCUT2D eigenvalue weighted by Gasteiger charge is 2.34. The molecule has 1 aliphatic heterocycles. The van der Waals surface area contributed by atoms with Gasteiger partial charge in [0.15, 0.2) is 0 Å². The third kappa shape index (κ3) is 6.58. The Balaban J connectivity index is 1.79. The van der Waals surface area contributed by atoms with E-state index in [2.05, 4.69) is 10.2 Å². The summed E-state index contributed by atoms with van der Waals surface area (Å²) in [5.41, 5.74) is -0.546. The van der Waals surface area contributed by atoms with Gasteiger partial charge in [0, 0.05) is 19.6 Å². The molecule has 0 aliphatic carbocycles. The van der Waals surface area contributed by atoms with Crippen LogP contribution >= 0.6 is 0 Å². The number of β-amino-alcohol motifs (C(OH)–C–C–N with tert-alkyl or cyclic N) is 1. The molecule has 2 N–H and O–H groups in total. The number of hydrogen-bond acceptors (Lipinski definition) is 8. The predicted octanol–water partition coefficient (Wildman–Crippen LogP) is 0.865. The van der Waals surface area contributed by atoms with Crippen molar-refractivity contribution in [3.63, 3.8) is 0 Å². The monoisotopic (exact) mass is 406 g/mol. The van der Waals surface area contributed by atoms with E-state index in [4.69, 9.17) is 10.00 Å². The zero-order valence-electron chi connectivity index (χ0n) is 16.5. The number of piperidine rings is 1. The Hall–Kier alpha value is -2.90. The first-order chi connectivity index (χ1) is 13.7. The smallest absolute Gasteiger partial charge is 0.294 e. The number of carbonyl (C=O) groups excluding carboxylic acids is 1. The van der Waals surface area contributed by atoms with E-state index in [9.17, 15) is 20.0 Å². The molecule has 2 rings (SSSR count). The fourth-order valence-corrected chi connectivity index (χ4v) is 3.06. The van der Waals surface area contributed by atoms with Gasteiger partial charge in [-0.2, -0.15) is 5.26 Å². The number of aliphatic hydroxyl groups excluding tert-OH is 1. The molecule has 1 atom stereocenters. The summed E-state index contributed by atoms with van der Waals surface area (Å²) in [5, 5.41) is 31.9. The van der Waals surface area contributed by atoms with Crippen LogP contribution in [0.25, 0.3) is 0 Å².